The molecule has 0 radical (unpaired) electrons. The average molecular weight is 228 g/mol. The van der Waals surface area contributed by atoms with Gasteiger partial charge in [-0.2, -0.15) is 0 Å². The Kier molecular flexibility index (Phi) is 3.72. The number of halogens is 1. The first-order valence-electron chi connectivity index (χ1n) is 4.66. The highest BCUT2D eigenvalue weighted by molar-refractivity contribution is 5.89. The molecule has 0 aromatic heterocycles. The van der Waals surface area contributed by atoms with Crippen LogP contribution in [-0.2, 0) is 4.74 Å². The predicted molar refractivity (Wildman–Crippen MR) is 60.4 cm³/mol. The van der Waals surface area contributed by atoms with Gasteiger partial charge in [0.25, 0.3) is 0 Å². The summed E-state index contributed by atoms with van der Waals surface area (Å²) in [7, 11) is 1.39. The van der Waals surface area contributed by atoms with E-state index in [0.29, 0.717) is 11.5 Å². The van der Waals surface area contributed by atoms with Gasteiger partial charge in [0.05, 0.1) is 12.7 Å². The zero-order chi connectivity index (χ0) is 10.1. The molecule has 1 aromatic rings. The monoisotopic (exact) mass is 227 g/mol. The molecule has 0 unspecified atom stereocenters. The highest BCUT2D eigenvalue weighted by Crippen LogP contribution is 2.39. The van der Waals surface area contributed by atoms with E-state index in [1.165, 1.54) is 7.11 Å². The Morgan fingerprint density at radius 3 is 2.73 bits per heavy atom. The minimum Gasteiger partial charge on any atom is -0.465 e. The fourth-order valence-electron chi connectivity index (χ4n) is 1.61. The number of esters is 1. The summed E-state index contributed by atoms with van der Waals surface area (Å²) >= 11 is 0. The molecule has 0 aliphatic heterocycles. The van der Waals surface area contributed by atoms with Crippen molar-refractivity contribution in [2.75, 3.05) is 7.11 Å². The van der Waals surface area contributed by atoms with Crippen molar-refractivity contribution in [2.24, 2.45) is 5.73 Å². The number of ether oxygens (including phenoxy) is 1. The normalized spacial score (nSPS) is 22.8. The van der Waals surface area contributed by atoms with Crippen LogP contribution in [0, 0.1) is 0 Å². The molecular weight excluding hydrogens is 214 g/mol. The van der Waals surface area contributed by atoms with Crippen LogP contribution in [0.15, 0.2) is 24.3 Å². The van der Waals surface area contributed by atoms with Crippen molar-refractivity contribution in [2.45, 2.75) is 18.4 Å². The maximum absolute atomic E-state index is 11.2. The Balaban J connectivity index is 0.00000112. The van der Waals surface area contributed by atoms with Crippen LogP contribution in [0.5, 0.6) is 0 Å². The van der Waals surface area contributed by atoms with E-state index in [0.717, 1.165) is 12.0 Å². The fraction of sp³-hybridized carbons (Fsp3) is 0.364. The van der Waals surface area contributed by atoms with Gasteiger partial charge < -0.3 is 10.5 Å². The SMILES string of the molecule is COC(=O)c1cccc([C@@H]2C[C@H]2N)c1.Cl. The number of methoxy groups -OCH3 is 1. The molecule has 15 heavy (non-hydrogen) atoms. The summed E-state index contributed by atoms with van der Waals surface area (Å²) in [6.07, 6.45) is 1.02. The minimum atomic E-state index is -0.291. The quantitative estimate of drug-likeness (QED) is 0.783. The molecule has 82 valence electrons. The average Bonchev–Trinajstić information content (AvgIpc) is 2.95. The van der Waals surface area contributed by atoms with Crippen LogP contribution in [0.4, 0.5) is 0 Å². The number of carbonyl (C=O) groups is 1. The fourth-order valence-corrected chi connectivity index (χ4v) is 1.61. The van der Waals surface area contributed by atoms with Gasteiger partial charge in [-0.25, -0.2) is 4.79 Å². The molecule has 2 N–H and O–H groups in total. The van der Waals surface area contributed by atoms with Crippen molar-refractivity contribution in [3.63, 3.8) is 0 Å². The van der Waals surface area contributed by atoms with Crippen molar-refractivity contribution in [1.82, 2.24) is 0 Å². The van der Waals surface area contributed by atoms with Gasteiger partial charge in [0.15, 0.2) is 0 Å². The summed E-state index contributed by atoms with van der Waals surface area (Å²) < 4.78 is 4.65. The van der Waals surface area contributed by atoms with Crippen LogP contribution in [0.3, 0.4) is 0 Å². The molecule has 1 aromatic carbocycles. The summed E-state index contributed by atoms with van der Waals surface area (Å²) in [6, 6.07) is 7.76. The zero-order valence-electron chi connectivity index (χ0n) is 8.47. The Bertz CT molecular complexity index is 367. The summed E-state index contributed by atoms with van der Waals surface area (Å²) in [5.41, 5.74) is 7.48. The van der Waals surface area contributed by atoms with Gasteiger partial charge in [0.2, 0.25) is 0 Å². The highest BCUT2D eigenvalue weighted by atomic mass is 35.5. The number of hydrogen-bond acceptors (Lipinski definition) is 3. The van der Waals surface area contributed by atoms with E-state index in [1.54, 1.807) is 6.07 Å². The Morgan fingerprint density at radius 2 is 2.20 bits per heavy atom. The van der Waals surface area contributed by atoms with Gasteiger partial charge >= 0.3 is 5.97 Å². The van der Waals surface area contributed by atoms with E-state index >= 15 is 0 Å². The summed E-state index contributed by atoms with van der Waals surface area (Å²) in [6.45, 7) is 0. The third kappa shape index (κ3) is 2.49. The van der Waals surface area contributed by atoms with Gasteiger partial charge in [0.1, 0.15) is 0 Å². The molecule has 0 amide bonds. The smallest absolute Gasteiger partial charge is 0.337 e. The van der Waals surface area contributed by atoms with Crippen LogP contribution in [0.2, 0.25) is 0 Å². The second-order valence-corrected chi connectivity index (χ2v) is 3.62. The topological polar surface area (TPSA) is 52.3 Å². The maximum Gasteiger partial charge on any atom is 0.337 e. The number of nitrogens with two attached hydrogens (primary N) is 1. The van der Waals surface area contributed by atoms with Gasteiger partial charge in [0, 0.05) is 12.0 Å². The molecule has 1 aliphatic rings. The van der Waals surface area contributed by atoms with Crippen LogP contribution in [0.1, 0.15) is 28.3 Å². The third-order valence-corrected chi connectivity index (χ3v) is 2.58. The van der Waals surface area contributed by atoms with Crippen molar-refractivity contribution in [3.8, 4) is 0 Å². The molecular formula is C11H14ClNO2. The lowest BCUT2D eigenvalue weighted by atomic mass is 10.1. The largest absolute Gasteiger partial charge is 0.465 e. The minimum absolute atomic E-state index is 0. The Labute approximate surface area is 95.0 Å². The van der Waals surface area contributed by atoms with Crippen LogP contribution < -0.4 is 5.73 Å². The van der Waals surface area contributed by atoms with Gasteiger partial charge in [-0.15, -0.1) is 12.4 Å². The van der Waals surface area contributed by atoms with Gasteiger partial charge in [-0.1, -0.05) is 12.1 Å². The zero-order valence-corrected chi connectivity index (χ0v) is 9.29. The van der Waals surface area contributed by atoms with E-state index < -0.39 is 0 Å². The molecule has 0 spiro atoms. The molecule has 4 heteroatoms. The molecule has 1 aliphatic carbocycles. The maximum atomic E-state index is 11.2. The van der Waals surface area contributed by atoms with E-state index in [9.17, 15) is 4.79 Å². The lowest BCUT2D eigenvalue weighted by Crippen LogP contribution is -2.04. The van der Waals surface area contributed by atoms with E-state index in [-0.39, 0.29) is 24.4 Å². The first kappa shape index (κ1) is 12.0. The summed E-state index contributed by atoms with van der Waals surface area (Å²) in [4.78, 5) is 11.2. The van der Waals surface area contributed by atoms with Crippen molar-refractivity contribution >= 4 is 18.4 Å². The van der Waals surface area contributed by atoms with E-state index in [4.69, 9.17) is 5.73 Å². The number of carbonyl (C=O) groups excluding carboxylic acids is 1. The summed E-state index contributed by atoms with van der Waals surface area (Å²) in [5.74, 6) is 0.140. The molecule has 0 heterocycles. The second kappa shape index (κ2) is 4.64. The molecule has 1 fully saturated rings. The summed E-state index contributed by atoms with van der Waals surface area (Å²) in [5, 5.41) is 0. The van der Waals surface area contributed by atoms with Crippen LogP contribution in [0.25, 0.3) is 0 Å². The number of hydrogen-bond donors (Lipinski definition) is 1. The standard InChI is InChI=1S/C11H13NO2.ClH/c1-14-11(13)8-4-2-3-7(5-8)9-6-10(9)12;/h2-5,9-10H,6,12H2,1H3;1H/t9-,10+;/m0./s1. The molecule has 1 saturated carbocycles. The molecule has 2 atom stereocenters. The highest BCUT2D eigenvalue weighted by Gasteiger charge is 2.34. The van der Waals surface area contributed by atoms with E-state index in [1.807, 2.05) is 18.2 Å². The second-order valence-electron chi connectivity index (χ2n) is 3.62. The molecule has 0 saturated heterocycles. The predicted octanol–water partition coefficient (Wildman–Crippen LogP) is 1.71. The van der Waals surface area contributed by atoms with Crippen molar-refractivity contribution < 1.29 is 9.53 Å². The molecule has 0 bridgehead atoms. The lowest BCUT2D eigenvalue weighted by molar-refractivity contribution is 0.0600. The Morgan fingerprint density at radius 1 is 1.53 bits per heavy atom. The number of rotatable bonds is 2. The van der Waals surface area contributed by atoms with Gasteiger partial charge in [-0.05, 0) is 24.1 Å². The first-order valence-corrected chi connectivity index (χ1v) is 4.66. The van der Waals surface area contributed by atoms with Crippen LogP contribution in [-0.4, -0.2) is 19.1 Å². The first-order chi connectivity index (χ1) is 6.72. The lowest BCUT2D eigenvalue weighted by Gasteiger charge is -2.02. The van der Waals surface area contributed by atoms with Crippen LogP contribution >= 0.6 is 12.4 Å². The third-order valence-electron chi connectivity index (χ3n) is 2.58. The molecule has 3 nitrogen and oxygen atoms in total. The van der Waals surface area contributed by atoms with Gasteiger partial charge in [-0.3, -0.25) is 0 Å². The van der Waals surface area contributed by atoms with Crippen molar-refractivity contribution in [3.05, 3.63) is 35.4 Å². The molecule has 2 rings (SSSR count). The number of benzene rings is 1. The van der Waals surface area contributed by atoms with E-state index in [2.05, 4.69) is 4.74 Å². The van der Waals surface area contributed by atoms with Crippen molar-refractivity contribution in [1.29, 1.82) is 0 Å². The Hall–Kier alpha value is -1.06.